The molecule has 0 aliphatic carbocycles. The van der Waals surface area contributed by atoms with E-state index in [9.17, 15) is 34.2 Å². The summed E-state index contributed by atoms with van der Waals surface area (Å²) in [6.45, 7) is 3.97. The Hall–Kier alpha value is -3.51. The summed E-state index contributed by atoms with van der Waals surface area (Å²) in [7, 11) is 0. The smallest absolute Gasteiger partial charge is 0.326 e. The molecule has 0 fully saturated rings. The van der Waals surface area contributed by atoms with Crippen molar-refractivity contribution < 1.29 is 34.2 Å². The average molecular weight is 522 g/mol. The summed E-state index contributed by atoms with van der Waals surface area (Å²) in [5.41, 5.74) is 12.1. The van der Waals surface area contributed by atoms with E-state index in [1.54, 1.807) is 37.3 Å². The molecular weight excluding hydrogens is 482 g/mol. The maximum atomic E-state index is 13.1. The number of carboxylic acid groups (broad SMARTS) is 2. The number of nitrogens with one attached hydrogen (secondary N) is 3. The molecule has 1 aromatic rings. The van der Waals surface area contributed by atoms with E-state index in [-0.39, 0.29) is 18.8 Å². The standard InChI is InChI=1S/C25H39N5O7/c1-3-15(2)21(27)24(35)30-19(14-20(31)32)23(34)29-18(13-16-9-5-4-6-10-16)22(33)28-17(25(36)37)11-7-8-12-26/h4-6,9-10,15,17-19,21H,3,7-8,11-14,26-27H2,1-2H3,(H,28,33)(H,29,34)(H,30,35)(H,31,32)(H,36,37). The monoisotopic (exact) mass is 521 g/mol. The fraction of sp³-hybridized carbons (Fsp3) is 0.560. The number of aliphatic carboxylic acids is 2. The van der Waals surface area contributed by atoms with Crippen molar-refractivity contribution >= 4 is 29.7 Å². The van der Waals surface area contributed by atoms with Crippen LogP contribution in [0.25, 0.3) is 0 Å². The molecule has 5 atom stereocenters. The van der Waals surface area contributed by atoms with Gasteiger partial charge < -0.3 is 37.6 Å². The molecule has 0 bridgehead atoms. The van der Waals surface area contributed by atoms with Crippen LogP contribution < -0.4 is 27.4 Å². The van der Waals surface area contributed by atoms with Crippen molar-refractivity contribution in [1.29, 1.82) is 0 Å². The van der Waals surface area contributed by atoms with Gasteiger partial charge in [-0.25, -0.2) is 4.79 Å². The van der Waals surface area contributed by atoms with E-state index >= 15 is 0 Å². The largest absolute Gasteiger partial charge is 0.481 e. The van der Waals surface area contributed by atoms with Gasteiger partial charge in [-0.1, -0.05) is 50.6 Å². The van der Waals surface area contributed by atoms with Crippen molar-refractivity contribution in [3.63, 3.8) is 0 Å². The molecule has 0 spiro atoms. The number of nitrogens with two attached hydrogens (primary N) is 2. The molecule has 0 aliphatic heterocycles. The maximum Gasteiger partial charge on any atom is 0.326 e. The highest BCUT2D eigenvalue weighted by atomic mass is 16.4. The molecule has 0 aromatic heterocycles. The van der Waals surface area contributed by atoms with Gasteiger partial charge in [-0.2, -0.15) is 0 Å². The van der Waals surface area contributed by atoms with Crippen molar-refractivity contribution in [3.05, 3.63) is 35.9 Å². The lowest BCUT2D eigenvalue weighted by molar-refractivity contribution is -0.143. The minimum atomic E-state index is -1.49. The first kappa shape index (κ1) is 31.5. The van der Waals surface area contributed by atoms with Crippen LogP contribution in [0.5, 0.6) is 0 Å². The van der Waals surface area contributed by atoms with Crippen LogP contribution in [0.2, 0.25) is 0 Å². The minimum Gasteiger partial charge on any atom is -0.481 e. The molecule has 9 N–H and O–H groups in total. The molecule has 3 amide bonds. The lowest BCUT2D eigenvalue weighted by atomic mass is 9.98. The summed E-state index contributed by atoms with van der Waals surface area (Å²) in [6.07, 6.45) is 1.08. The number of unbranched alkanes of at least 4 members (excludes halogenated alkanes) is 1. The van der Waals surface area contributed by atoms with Gasteiger partial charge >= 0.3 is 11.9 Å². The van der Waals surface area contributed by atoms with Gasteiger partial charge in [0.2, 0.25) is 17.7 Å². The summed E-state index contributed by atoms with van der Waals surface area (Å²) in [5.74, 6) is -5.13. The van der Waals surface area contributed by atoms with E-state index in [0.29, 0.717) is 31.4 Å². The van der Waals surface area contributed by atoms with Gasteiger partial charge in [0.15, 0.2) is 0 Å². The molecule has 12 heteroatoms. The number of hydrogen-bond acceptors (Lipinski definition) is 7. The minimum absolute atomic E-state index is 0.00761. The van der Waals surface area contributed by atoms with Gasteiger partial charge in [0, 0.05) is 6.42 Å². The van der Waals surface area contributed by atoms with Gasteiger partial charge in [0.1, 0.15) is 18.1 Å². The topological polar surface area (TPSA) is 214 Å². The second-order valence-electron chi connectivity index (χ2n) is 9.01. The van der Waals surface area contributed by atoms with Crippen molar-refractivity contribution in [2.45, 2.75) is 76.5 Å². The van der Waals surface area contributed by atoms with Crippen LogP contribution in [0.15, 0.2) is 30.3 Å². The third kappa shape index (κ3) is 11.4. The van der Waals surface area contributed by atoms with Crippen LogP contribution >= 0.6 is 0 Å². The highest BCUT2D eigenvalue weighted by Gasteiger charge is 2.32. The normalized spacial score (nSPS) is 14.9. The third-order valence-corrected chi connectivity index (χ3v) is 6.05. The molecule has 0 saturated heterocycles. The van der Waals surface area contributed by atoms with Gasteiger partial charge in [-0.05, 0) is 37.3 Å². The van der Waals surface area contributed by atoms with Crippen molar-refractivity contribution in [2.75, 3.05) is 6.54 Å². The summed E-state index contributed by atoms with van der Waals surface area (Å²) in [4.78, 5) is 61.8. The number of carboxylic acids is 2. The van der Waals surface area contributed by atoms with Gasteiger partial charge in [-0.15, -0.1) is 0 Å². The van der Waals surface area contributed by atoms with E-state index in [1.165, 1.54) is 0 Å². The number of hydrogen-bond donors (Lipinski definition) is 7. The SMILES string of the molecule is CCC(C)C(N)C(=O)NC(CC(=O)O)C(=O)NC(Cc1ccccc1)C(=O)NC(CCCCN)C(=O)O. The Morgan fingerprint density at radius 3 is 1.97 bits per heavy atom. The Labute approximate surface area is 216 Å². The van der Waals surface area contributed by atoms with E-state index in [0.717, 1.165) is 0 Å². The molecule has 1 rings (SSSR count). The molecule has 12 nitrogen and oxygen atoms in total. The first-order valence-corrected chi connectivity index (χ1v) is 12.3. The molecule has 1 aromatic carbocycles. The second kappa shape index (κ2) is 16.3. The van der Waals surface area contributed by atoms with Gasteiger partial charge in [0.25, 0.3) is 0 Å². The molecule has 37 heavy (non-hydrogen) atoms. The van der Waals surface area contributed by atoms with E-state index in [4.69, 9.17) is 11.5 Å². The van der Waals surface area contributed by atoms with Crippen LogP contribution in [0, 0.1) is 5.92 Å². The fourth-order valence-corrected chi connectivity index (χ4v) is 3.52. The van der Waals surface area contributed by atoms with Crippen LogP contribution in [0.3, 0.4) is 0 Å². The second-order valence-corrected chi connectivity index (χ2v) is 9.01. The number of rotatable bonds is 17. The molecule has 0 aliphatic rings. The number of amides is 3. The summed E-state index contributed by atoms with van der Waals surface area (Å²) >= 11 is 0. The third-order valence-electron chi connectivity index (χ3n) is 6.05. The molecule has 206 valence electrons. The van der Waals surface area contributed by atoms with Crippen LogP contribution in [-0.2, 0) is 30.4 Å². The number of carbonyl (C=O) groups excluding carboxylic acids is 3. The zero-order valence-corrected chi connectivity index (χ0v) is 21.3. The number of benzene rings is 1. The molecule has 0 heterocycles. The van der Waals surface area contributed by atoms with Crippen LogP contribution in [-0.4, -0.2) is 70.6 Å². The molecular formula is C25H39N5O7. The Morgan fingerprint density at radius 2 is 1.43 bits per heavy atom. The zero-order valence-electron chi connectivity index (χ0n) is 21.3. The molecule has 0 radical (unpaired) electrons. The Balaban J connectivity index is 3.11. The first-order valence-electron chi connectivity index (χ1n) is 12.3. The average Bonchev–Trinajstić information content (AvgIpc) is 2.86. The lowest BCUT2D eigenvalue weighted by Gasteiger charge is -2.25. The highest BCUT2D eigenvalue weighted by Crippen LogP contribution is 2.09. The van der Waals surface area contributed by atoms with Crippen LogP contribution in [0.1, 0.15) is 51.5 Å². The predicted octanol–water partition coefficient (Wildman–Crippen LogP) is -0.255. The van der Waals surface area contributed by atoms with Crippen molar-refractivity contribution in [3.8, 4) is 0 Å². The fourth-order valence-electron chi connectivity index (χ4n) is 3.52. The molecule has 5 unspecified atom stereocenters. The van der Waals surface area contributed by atoms with Crippen LogP contribution in [0.4, 0.5) is 0 Å². The van der Waals surface area contributed by atoms with E-state index < -0.39 is 60.2 Å². The summed E-state index contributed by atoms with van der Waals surface area (Å²) in [5, 5.41) is 26.1. The Morgan fingerprint density at radius 1 is 0.865 bits per heavy atom. The van der Waals surface area contributed by atoms with Gasteiger partial charge in [0.05, 0.1) is 12.5 Å². The van der Waals surface area contributed by atoms with E-state index in [2.05, 4.69) is 16.0 Å². The van der Waals surface area contributed by atoms with Crippen molar-refractivity contribution in [2.24, 2.45) is 17.4 Å². The van der Waals surface area contributed by atoms with Crippen molar-refractivity contribution in [1.82, 2.24) is 16.0 Å². The zero-order chi connectivity index (χ0) is 28.0. The van der Waals surface area contributed by atoms with E-state index in [1.807, 2.05) is 6.92 Å². The number of carbonyl (C=O) groups is 5. The summed E-state index contributed by atoms with van der Waals surface area (Å²) < 4.78 is 0. The predicted molar refractivity (Wildman–Crippen MR) is 136 cm³/mol. The Bertz CT molecular complexity index is 912. The quantitative estimate of drug-likeness (QED) is 0.134. The maximum absolute atomic E-state index is 13.1. The van der Waals surface area contributed by atoms with Gasteiger partial charge in [-0.3, -0.25) is 19.2 Å². The highest BCUT2D eigenvalue weighted by molar-refractivity contribution is 5.95. The summed E-state index contributed by atoms with van der Waals surface area (Å²) in [6, 6.07) is 3.82. The first-order chi connectivity index (χ1) is 17.5. The Kier molecular flexibility index (Phi) is 13.9. The molecule has 0 saturated carbocycles. The lowest BCUT2D eigenvalue weighted by Crippen LogP contribution is -2.58.